The number of likely N-dealkylation sites (tertiary alicyclic amines) is 1. The number of para-hydroxylation sites is 1. The molecule has 0 bridgehead atoms. The van der Waals surface area contributed by atoms with Crippen LogP contribution in [0.25, 0.3) is 0 Å². The summed E-state index contributed by atoms with van der Waals surface area (Å²) in [5.41, 5.74) is 0.748. The molecule has 0 spiro atoms. The molecular weight excluding hydrogens is 458 g/mol. The van der Waals surface area contributed by atoms with E-state index in [0.717, 1.165) is 37.7 Å². The summed E-state index contributed by atoms with van der Waals surface area (Å²) in [6, 6.07) is 16.2. The Morgan fingerprint density at radius 3 is 2.50 bits per heavy atom. The highest BCUT2D eigenvalue weighted by Crippen LogP contribution is 2.58. The molecule has 7 nitrogen and oxygen atoms in total. The molecule has 190 valence electrons. The Morgan fingerprint density at radius 1 is 0.972 bits per heavy atom. The predicted octanol–water partition coefficient (Wildman–Crippen LogP) is 4.19. The van der Waals surface area contributed by atoms with E-state index in [0.29, 0.717) is 18.6 Å². The number of amides is 2. The van der Waals surface area contributed by atoms with Crippen molar-refractivity contribution < 1.29 is 29.3 Å². The van der Waals surface area contributed by atoms with Crippen LogP contribution in [0.15, 0.2) is 54.6 Å². The van der Waals surface area contributed by atoms with Crippen molar-refractivity contribution >= 4 is 11.8 Å². The minimum Gasteiger partial charge on any atom is -0.508 e. The molecule has 2 N–H and O–H groups in total. The number of aromatic hydroxyl groups is 1. The van der Waals surface area contributed by atoms with Gasteiger partial charge in [0.05, 0.1) is 24.5 Å². The molecule has 4 aliphatic rings. The van der Waals surface area contributed by atoms with Crippen LogP contribution in [-0.2, 0) is 14.3 Å². The van der Waals surface area contributed by atoms with E-state index in [-0.39, 0.29) is 30.2 Å². The Morgan fingerprint density at radius 2 is 1.75 bits per heavy atom. The molecule has 36 heavy (non-hydrogen) atoms. The minimum absolute atomic E-state index is 0.0411. The van der Waals surface area contributed by atoms with Gasteiger partial charge in [0.2, 0.25) is 11.8 Å². The number of ether oxygens (including phenoxy) is 2. The summed E-state index contributed by atoms with van der Waals surface area (Å²) in [6.07, 6.45) is 5.16. The molecule has 2 heterocycles. The molecule has 2 aliphatic heterocycles. The van der Waals surface area contributed by atoms with E-state index < -0.39 is 35.6 Å². The van der Waals surface area contributed by atoms with Gasteiger partial charge in [0.25, 0.3) is 0 Å². The van der Waals surface area contributed by atoms with Gasteiger partial charge >= 0.3 is 0 Å². The monoisotopic (exact) mass is 491 g/mol. The number of phenolic OH excluding ortho intramolecular Hbond substituents is 1. The lowest BCUT2D eigenvalue weighted by Crippen LogP contribution is -2.55. The van der Waals surface area contributed by atoms with Gasteiger partial charge in [-0.3, -0.25) is 14.5 Å². The van der Waals surface area contributed by atoms with E-state index in [9.17, 15) is 19.8 Å². The van der Waals surface area contributed by atoms with Crippen LogP contribution in [0.1, 0.15) is 56.6 Å². The summed E-state index contributed by atoms with van der Waals surface area (Å²) in [5.74, 6) is -3.12. The van der Waals surface area contributed by atoms with Gasteiger partial charge in [0.15, 0.2) is 5.79 Å². The number of imide groups is 1. The van der Waals surface area contributed by atoms with Crippen molar-refractivity contribution in [3.8, 4) is 11.5 Å². The second kappa shape index (κ2) is 9.20. The summed E-state index contributed by atoms with van der Waals surface area (Å²) < 4.78 is 12.4. The summed E-state index contributed by atoms with van der Waals surface area (Å²) in [5, 5.41) is 22.1. The summed E-state index contributed by atoms with van der Waals surface area (Å²) in [7, 11) is 0. The first-order valence-corrected chi connectivity index (χ1v) is 13.2. The number of fused-ring (bicyclic) bond motifs is 3. The van der Waals surface area contributed by atoms with Crippen molar-refractivity contribution in [2.75, 3.05) is 6.61 Å². The fraction of sp³-hybridized carbons (Fsp3) is 0.517. The van der Waals surface area contributed by atoms with Crippen LogP contribution < -0.4 is 4.74 Å². The molecule has 0 radical (unpaired) electrons. The summed E-state index contributed by atoms with van der Waals surface area (Å²) in [4.78, 5) is 29.0. The van der Waals surface area contributed by atoms with Gasteiger partial charge in [-0.2, -0.15) is 0 Å². The van der Waals surface area contributed by atoms with Crippen molar-refractivity contribution in [2.24, 2.45) is 23.7 Å². The van der Waals surface area contributed by atoms with Gasteiger partial charge in [-0.1, -0.05) is 49.6 Å². The predicted molar refractivity (Wildman–Crippen MR) is 131 cm³/mol. The van der Waals surface area contributed by atoms with Crippen molar-refractivity contribution in [3.05, 3.63) is 60.2 Å². The van der Waals surface area contributed by atoms with Gasteiger partial charge in [-0.25, -0.2) is 0 Å². The number of nitrogens with zero attached hydrogens (tertiary/aromatic N) is 1. The zero-order valence-electron chi connectivity index (χ0n) is 20.3. The van der Waals surface area contributed by atoms with Crippen molar-refractivity contribution in [1.82, 2.24) is 4.90 Å². The van der Waals surface area contributed by atoms with Gasteiger partial charge in [-0.15, -0.1) is 0 Å². The average Bonchev–Trinajstić information content (AvgIpc) is 3.37. The molecule has 2 aliphatic carbocycles. The number of hydrogen-bond donors (Lipinski definition) is 2. The normalized spacial score (nSPS) is 34.5. The van der Waals surface area contributed by atoms with E-state index in [2.05, 4.69) is 0 Å². The molecule has 0 unspecified atom stereocenters. The smallest absolute Gasteiger partial charge is 0.233 e. The molecule has 4 fully saturated rings. The Labute approximate surface area is 211 Å². The maximum atomic E-state index is 13.8. The first-order chi connectivity index (χ1) is 17.5. The topological polar surface area (TPSA) is 96.3 Å². The first kappa shape index (κ1) is 23.5. The van der Waals surface area contributed by atoms with E-state index in [4.69, 9.17) is 9.47 Å². The lowest BCUT2D eigenvalue weighted by molar-refractivity contribution is -0.272. The highest BCUT2D eigenvalue weighted by Gasteiger charge is 2.67. The lowest BCUT2D eigenvalue weighted by atomic mass is 9.64. The highest BCUT2D eigenvalue weighted by atomic mass is 16.6. The molecule has 6 rings (SSSR count). The van der Waals surface area contributed by atoms with E-state index in [1.807, 2.05) is 36.4 Å². The molecule has 6 atom stereocenters. The molecular formula is C29H33NO6. The van der Waals surface area contributed by atoms with Crippen LogP contribution in [0.4, 0.5) is 0 Å². The van der Waals surface area contributed by atoms with Crippen LogP contribution in [0.5, 0.6) is 11.5 Å². The average molecular weight is 492 g/mol. The third kappa shape index (κ3) is 3.89. The zero-order valence-corrected chi connectivity index (χ0v) is 20.3. The standard InChI is InChI=1S/C29H33NO6/c31-21-11-7-8-18(14-21)25-16-24-26-23(27(32)30(28(26)33)20-9-3-1-4-10-20)15-19(29(24,34)36-25)17-35-22-12-5-2-6-13-22/h2,5-8,11-14,19-20,23-26,31,34H,1,3-4,9-10,15-17H2/t19-,23+,24+,25+,26+,29-/m1/s1. The van der Waals surface area contributed by atoms with Crippen LogP contribution in [-0.4, -0.2) is 45.4 Å². The fourth-order valence-corrected chi connectivity index (χ4v) is 7.04. The fourth-order valence-electron chi connectivity index (χ4n) is 7.04. The quantitative estimate of drug-likeness (QED) is 0.609. The second-order valence-corrected chi connectivity index (χ2v) is 10.8. The third-order valence-corrected chi connectivity index (χ3v) is 8.77. The van der Waals surface area contributed by atoms with Crippen LogP contribution in [0.2, 0.25) is 0 Å². The SMILES string of the molecule is O=C1[C@H]2[C@H](C[C@H](COc3ccccc3)[C@@]3(O)O[C@H](c4cccc(O)c4)C[C@@H]23)C(=O)N1C1CCCCC1. The summed E-state index contributed by atoms with van der Waals surface area (Å²) in [6.45, 7) is 0.178. The number of rotatable bonds is 5. The highest BCUT2D eigenvalue weighted by molar-refractivity contribution is 6.05. The third-order valence-electron chi connectivity index (χ3n) is 8.77. The molecule has 2 saturated heterocycles. The summed E-state index contributed by atoms with van der Waals surface area (Å²) >= 11 is 0. The van der Waals surface area contributed by atoms with Gasteiger partial charge in [0.1, 0.15) is 11.5 Å². The number of carbonyl (C=O) groups excluding carboxylic acids is 2. The number of hydrogen-bond acceptors (Lipinski definition) is 6. The van der Waals surface area contributed by atoms with Crippen LogP contribution in [0, 0.1) is 23.7 Å². The van der Waals surface area contributed by atoms with E-state index in [1.165, 1.54) is 4.90 Å². The van der Waals surface area contributed by atoms with E-state index >= 15 is 0 Å². The number of phenols is 1. The number of aliphatic hydroxyl groups is 1. The Kier molecular flexibility index (Phi) is 6.00. The first-order valence-electron chi connectivity index (χ1n) is 13.2. The minimum atomic E-state index is -1.61. The molecule has 2 saturated carbocycles. The zero-order chi connectivity index (χ0) is 24.9. The maximum Gasteiger partial charge on any atom is 0.233 e. The largest absolute Gasteiger partial charge is 0.508 e. The number of carbonyl (C=O) groups is 2. The Balaban J connectivity index is 1.33. The van der Waals surface area contributed by atoms with Crippen molar-refractivity contribution in [3.63, 3.8) is 0 Å². The van der Waals surface area contributed by atoms with Crippen molar-refractivity contribution in [1.29, 1.82) is 0 Å². The van der Waals surface area contributed by atoms with Crippen LogP contribution in [0.3, 0.4) is 0 Å². The van der Waals surface area contributed by atoms with Gasteiger partial charge < -0.3 is 19.7 Å². The molecule has 0 aromatic heterocycles. The maximum absolute atomic E-state index is 13.8. The lowest BCUT2D eigenvalue weighted by Gasteiger charge is -2.44. The van der Waals surface area contributed by atoms with E-state index in [1.54, 1.807) is 18.2 Å². The Bertz CT molecular complexity index is 1130. The van der Waals surface area contributed by atoms with Crippen molar-refractivity contribution in [2.45, 2.75) is 62.9 Å². The molecule has 7 heteroatoms. The number of benzene rings is 2. The van der Waals surface area contributed by atoms with Crippen LogP contribution >= 0.6 is 0 Å². The molecule has 2 aromatic rings. The second-order valence-electron chi connectivity index (χ2n) is 10.8. The molecule has 2 amide bonds. The Hall–Kier alpha value is -2.90. The van der Waals surface area contributed by atoms with Gasteiger partial charge in [-0.05, 0) is 55.5 Å². The molecule has 2 aromatic carbocycles. The van der Waals surface area contributed by atoms with Gasteiger partial charge in [0, 0.05) is 17.9 Å².